The molecule has 1 amide bonds. The molecule has 1 unspecified atom stereocenters. The van der Waals surface area contributed by atoms with Crippen molar-refractivity contribution in [2.75, 3.05) is 25.0 Å². The Bertz CT molecular complexity index is 492. The first-order chi connectivity index (χ1) is 9.68. The predicted octanol–water partition coefficient (Wildman–Crippen LogP) is 1.30. The smallest absolute Gasteiger partial charge is 0.292 e. The van der Waals surface area contributed by atoms with Crippen LogP contribution in [0.4, 0.5) is 11.4 Å². The highest BCUT2D eigenvalue weighted by Crippen LogP contribution is 2.22. The Morgan fingerprint density at radius 1 is 1.38 bits per heavy atom. The van der Waals surface area contributed by atoms with Crippen LogP contribution in [-0.4, -0.2) is 36.5 Å². The second-order valence-corrected chi connectivity index (χ2v) is 4.64. The van der Waals surface area contributed by atoms with Gasteiger partial charge in [0.05, 0.1) is 11.0 Å². The minimum Gasteiger partial charge on any atom is -0.378 e. The number of hydrogen-bond acceptors (Lipinski definition) is 5. The van der Waals surface area contributed by atoms with Gasteiger partial charge in [0.1, 0.15) is 5.69 Å². The van der Waals surface area contributed by atoms with Gasteiger partial charge in [0.2, 0.25) is 5.91 Å². The van der Waals surface area contributed by atoms with E-state index in [1.165, 1.54) is 6.07 Å². The maximum Gasteiger partial charge on any atom is 0.292 e. The van der Waals surface area contributed by atoms with E-state index in [-0.39, 0.29) is 30.0 Å². The lowest BCUT2D eigenvalue weighted by molar-refractivity contribution is -0.384. The van der Waals surface area contributed by atoms with Gasteiger partial charge in [-0.25, -0.2) is 0 Å². The van der Waals surface area contributed by atoms with Crippen LogP contribution in [0.5, 0.6) is 0 Å². The maximum absolute atomic E-state index is 11.7. The number of hydrogen-bond donors (Lipinski definition) is 3. The standard InChI is InChI=1S/C13H18N4O3.ClH/c18-13(11-5-3-7-14-11)16-9-8-15-10-4-1-2-6-12(10)17(19)20;/h1-2,4,6,11,14-15H,3,5,7-9H2,(H,16,18);1H. The molecule has 8 heteroatoms. The summed E-state index contributed by atoms with van der Waals surface area (Å²) in [6, 6.07) is 6.36. The summed E-state index contributed by atoms with van der Waals surface area (Å²) < 4.78 is 0. The highest BCUT2D eigenvalue weighted by atomic mass is 35.5. The quantitative estimate of drug-likeness (QED) is 0.418. The average Bonchev–Trinajstić information content (AvgIpc) is 2.98. The molecular formula is C13H19ClN4O3. The van der Waals surface area contributed by atoms with Gasteiger partial charge in [-0.15, -0.1) is 12.4 Å². The predicted molar refractivity (Wildman–Crippen MR) is 82.9 cm³/mol. The molecule has 1 atom stereocenters. The minimum atomic E-state index is -0.427. The second kappa shape index (κ2) is 8.43. The molecule has 0 bridgehead atoms. The van der Waals surface area contributed by atoms with Gasteiger partial charge in [-0.1, -0.05) is 12.1 Å². The molecule has 1 aliphatic rings. The molecule has 0 aliphatic carbocycles. The summed E-state index contributed by atoms with van der Waals surface area (Å²) in [6.45, 7) is 1.76. The van der Waals surface area contributed by atoms with Crippen molar-refractivity contribution in [3.8, 4) is 0 Å². The summed E-state index contributed by atoms with van der Waals surface area (Å²) in [6.07, 6.45) is 1.88. The van der Waals surface area contributed by atoms with Crippen molar-refractivity contribution in [2.24, 2.45) is 0 Å². The van der Waals surface area contributed by atoms with E-state index in [1.54, 1.807) is 18.2 Å². The summed E-state index contributed by atoms with van der Waals surface area (Å²) in [5, 5.41) is 19.7. The molecule has 0 saturated carbocycles. The summed E-state index contributed by atoms with van der Waals surface area (Å²) in [4.78, 5) is 22.1. The summed E-state index contributed by atoms with van der Waals surface area (Å²) >= 11 is 0. The first-order valence-corrected chi connectivity index (χ1v) is 6.67. The van der Waals surface area contributed by atoms with E-state index in [0.717, 1.165) is 19.4 Å². The number of para-hydroxylation sites is 2. The Balaban J connectivity index is 0.00000220. The third kappa shape index (κ3) is 4.87. The first-order valence-electron chi connectivity index (χ1n) is 6.67. The molecule has 1 fully saturated rings. The van der Waals surface area contributed by atoms with Gasteiger partial charge in [0.15, 0.2) is 0 Å². The van der Waals surface area contributed by atoms with Crippen LogP contribution in [0, 0.1) is 10.1 Å². The Labute approximate surface area is 129 Å². The molecular weight excluding hydrogens is 296 g/mol. The van der Waals surface area contributed by atoms with Gasteiger partial charge in [0, 0.05) is 19.2 Å². The summed E-state index contributed by atoms with van der Waals surface area (Å²) in [7, 11) is 0. The van der Waals surface area contributed by atoms with Crippen LogP contribution in [-0.2, 0) is 4.79 Å². The van der Waals surface area contributed by atoms with Gasteiger partial charge in [-0.2, -0.15) is 0 Å². The van der Waals surface area contributed by atoms with Crippen molar-refractivity contribution in [2.45, 2.75) is 18.9 Å². The highest BCUT2D eigenvalue weighted by molar-refractivity contribution is 5.85. The molecule has 1 aromatic rings. The van der Waals surface area contributed by atoms with Crippen LogP contribution in [0.2, 0.25) is 0 Å². The zero-order valence-electron chi connectivity index (χ0n) is 11.5. The lowest BCUT2D eigenvalue weighted by Gasteiger charge is -2.12. The molecule has 2 rings (SSSR count). The maximum atomic E-state index is 11.7. The number of nitro groups is 1. The van der Waals surface area contributed by atoms with Crippen LogP contribution in [0.3, 0.4) is 0 Å². The molecule has 1 heterocycles. The lowest BCUT2D eigenvalue weighted by atomic mass is 10.2. The molecule has 3 N–H and O–H groups in total. The Morgan fingerprint density at radius 3 is 2.81 bits per heavy atom. The normalized spacial score (nSPS) is 16.9. The zero-order valence-corrected chi connectivity index (χ0v) is 12.3. The van der Waals surface area contributed by atoms with E-state index in [4.69, 9.17) is 0 Å². The SMILES string of the molecule is Cl.O=C(NCCNc1ccccc1[N+](=O)[O-])C1CCCN1. The Hall–Kier alpha value is -1.86. The van der Waals surface area contributed by atoms with Crippen molar-refractivity contribution >= 4 is 29.7 Å². The number of nitrogens with one attached hydrogen (secondary N) is 3. The van der Waals surface area contributed by atoms with E-state index >= 15 is 0 Å². The van der Waals surface area contributed by atoms with Crippen LogP contribution < -0.4 is 16.0 Å². The third-order valence-electron chi connectivity index (χ3n) is 3.22. The molecule has 0 spiro atoms. The fourth-order valence-electron chi connectivity index (χ4n) is 2.20. The van der Waals surface area contributed by atoms with Crippen molar-refractivity contribution in [3.63, 3.8) is 0 Å². The van der Waals surface area contributed by atoms with Crippen LogP contribution >= 0.6 is 12.4 Å². The number of nitrogens with zero attached hydrogens (tertiary/aromatic N) is 1. The largest absolute Gasteiger partial charge is 0.378 e. The second-order valence-electron chi connectivity index (χ2n) is 4.64. The number of halogens is 1. The molecule has 21 heavy (non-hydrogen) atoms. The van der Waals surface area contributed by atoms with Gasteiger partial charge in [-0.05, 0) is 25.5 Å². The van der Waals surface area contributed by atoms with Crippen molar-refractivity contribution in [1.82, 2.24) is 10.6 Å². The van der Waals surface area contributed by atoms with E-state index in [0.29, 0.717) is 18.8 Å². The topological polar surface area (TPSA) is 96.3 Å². The summed E-state index contributed by atoms with van der Waals surface area (Å²) in [5.41, 5.74) is 0.502. The van der Waals surface area contributed by atoms with Crippen molar-refractivity contribution < 1.29 is 9.72 Å². The molecule has 1 aromatic carbocycles. The van der Waals surface area contributed by atoms with E-state index in [9.17, 15) is 14.9 Å². The van der Waals surface area contributed by atoms with Crippen molar-refractivity contribution in [3.05, 3.63) is 34.4 Å². The molecule has 116 valence electrons. The molecule has 1 saturated heterocycles. The van der Waals surface area contributed by atoms with E-state index < -0.39 is 4.92 Å². The molecule has 1 aliphatic heterocycles. The van der Waals surface area contributed by atoms with Gasteiger partial charge >= 0.3 is 0 Å². The Kier molecular flexibility index (Phi) is 6.90. The molecule has 0 radical (unpaired) electrons. The number of benzene rings is 1. The van der Waals surface area contributed by atoms with Crippen LogP contribution in [0.25, 0.3) is 0 Å². The molecule has 7 nitrogen and oxygen atoms in total. The van der Waals surface area contributed by atoms with Crippen LogP contribution in [0.15, 0.2) is 24.3 Å². The number of rotatable bonds is 6. The monoisotopic (exact) mass is 314 g/mol. The third-order valence-corrected chi connectivity index (χ3v) is 3.22. The van der Waals surface area contributed by atoms with Gasteiger partial charge < -0.3 is 16.0 Å². The van der Waals surface area contributed by atoms with Gasteiger partial charge in [-0.3, -0.25) is 14.9 Å². The molecule has 0 aromatic heterocycles. The Morgan fingerprint density at radius 2 is 2.14 bits per heavy atom. The van der Waals surface area contributed by atoms with Crippen molar-refractivity contribution in [1.29, 1.82) is 0 Å². The van der Waals surface area contributed by atoms with E-state index in [1.807, 2.05) is 0 Å². The first kappa shape index (κ1) is 17.2. The highest BCUT2D eigenvalue weighted by Gasteiger charge is 2.21. The lowest BCUT2D eigenvalue weighted by Crippen LogP contribution is -2.42. The number of carbonyl (C=O) groups excluding carboxylic acids is 1. The number of carbonyl (C=O) groups is 1. The number of anilines is 1. The summed E-state index contributed by atoms with van der Waals surface area (Å²) in [5.74, 6) is -0.00754. The number of amides is 1. The fourth-order valence-corrected chi connectivity index (χ4v) is 2.20. The van der Waals surface area contributed by atoms with Gasteiger partial charge in [0.25, 0.3) is 5.69 Å². The average molecular weight is 315 g/mol. The van der Waals surface area contributed by atoms with E-state index in [2.05, 4.69) is 16.0 Å². The minimum absolute atomic E-state index is 0. The van der Waals surface area contributed by atoms with Crippen LogP contribution in [0.1, 0.15) is 12.8 Å². The zero-order chi connectivity index (χ0) is 14.4. The fraction of sp³-hybridized carbons (Fsp3) is 0.462. The number of nitro benzene ring substituents is 1.